The van der Waals surface area contributed by atoms with Crippen molar-refractivity contribution in [1.29, 1.82) is 0 Å². The fraction of sp³-hybridized carbons (Fsp3) is 0.467. The zero-order valence-electron chi connectivity index (χ0n) is 14.6. The molecule has 1 aliphatic rings. The molecule has 1 saturated heterocycles. The molecule has 0 radical (unpaired) electrons. The van der Waals surface area contributed by atoms with Crippen LogP contribution < -0.4 is 5.32 Å². The van der Waals surface area contributed by atoms with Gasteiger partial charge in [-0.2, -0.15) is 4.31 Å². The first-order chi connectivity index (χ1) is 12.5. The molecule has 0 unspecified atom stereocenters. The highest BCUT2D eigenvalue weighted by molar-refractivity contribution is 7.91. The number of carbonyl (C=O) groups excluding carboxylic acids is 2. The van der Waals surface area contributed by atoms with E-state index in [2.05, 4.69) is 10.1 Å². The van der Waals surface area contributed by atoms with Gasteiger partial charge in [0.25, 0.3) is 0 Å². The maximum atomic E-state index is 12.6. The van der Waals surface area contributed by atoms with Crippen LogP contribution in [0.2, 0.25) is 5.02 Å². The third-order valence-corrected chi connectivity index (χ3v) is 8.06. The summed E-state index contributed by atoms with van der Waals surface area (Å²) in [5.74, 6) is -1.45. The quantitative estimate of drug-likeness (QED) is 0.621. The summed E-state index contributed by atoms with van der Waals surface area (Å²) in [4.78, 5) is 23.3. The van der Waals surface area contributed by atoms with E-state index in [1.807, 2.05) is 0 Å². The van der Waals surface area contributed by atoms with Crippen LogP contribution in [0.3, 0.4) is 0 Å². The molecular weight excluding hydrogens is 420 g/mol. The Balaban J connectivity index is 2.09. The van der Waals surface area contributed by atoms with Gasteiger partial charge in [0.1, 0.15) is 4.90 Å². The first-order valence-corrected chi connectivity index (χ1v) is 11.4. The zero-order chi connectivity index (χ0) is 20.4. The first kappa shape index (κ1) is 21.6. The smallest absolute Gasteiger partial charge is 0.337 e. The summed E-state index contributed by atoms with van der Waals surface area (Å²) in [6, 6.07) is 3.04. The van der Waals surface area contributed by atoms with Crippen molar-refractivity contribution in [2.24, 2.45) is 0 Å². The predicted octanol–water partition coefficient (Wildman–Crippen LogP) is 0.0504. The van der Waals surface area contributed by atoms with E-state index in [0.717, 1.165) is 16.4 Å². The van der Waals surface area contributed by atoms with Crippen molar-refractivity contribution < 1.29 is 31.2 Å². The number of carbonyl (C=O) groups is 2. The molecule has 0 bridgehead atoms. The molecule has 0 spiro atoms. The Morgan fingerprint density at radius 1 is 1.37 bits per heavy atom. The number of likely N-dealkylation sites (N-methyl/N-ethyl adjacent to an activating group) is 1. The minimum absolute atomic E-state index is 0.00572. The fourth-order valence-electron chi connectivity index (χ4n) is 2.59. The number of methoxy groups -OCH3 is 1. The molecule has 0 aliphatic carbocycles. The number of amides is 1. The van der Waals surface area contributed by atoms with Crippen LogP contribution in [-0.2, 0) is 29.4 Å². The molecule has 0 saturated carbocycles. The lowest BCUT2D eigenvalue weighted by atomic mass is 10.2. The van der Waals surface area contributed by atoms with Gasteiger partial charge in [0.05, 0.1) is 35.7 Å². The van der Waals surface area contributed by atoms with E-state index in [-0.39, 0.29) is 27.0 Å². The van der Waals surface area contributed by atoms with Crippen molar-refractivity contribution >= 4 is 43.3 Å². The van der Waals surface area contributed by atoms with E-state index >= 15 is 0 Å². The fourth-order valence-corrected chi connectivity index (χ4v) is 5.91. The number of sulfonamides is 1. The predicted molar refractivity (Wildman–Crippen MR) is 97.8 cm³/mol. The van der Waals surface area contributed by atoms with E-state index in [4.69, 9.17) is 11.6 Å². The van der Waals surface area contributed by atoms with E-state index in [1.54, 1.807) is 0 Å². The van der Waals surface area contributed by atoms with Crippen LogP contribution in [0.15, 0.2) is 23.1 Å². The van der Waals surface area contributed by atoms with Crippen molar-refractivity contribution in [3.8, 4) is 0 Å². The van der Waals surface area contributed by atoms with Crippen molar-refractivity contribution in [1.82, 2.24) is 9.62 Å². The van der Waals surface area contributed by atoms with Gasteiger partial charge in [0.15, 0.2) is 9.84 Å². The molecule has 1 aromatic rings. The molecule has 1 aromatic carbocycles. The van der Waals surface area contributed by atoms with Crippen LogP contribution in [0.25, 0.3) is 0 Å². The average molecular weight is 439 g/mol. The second-order valence-electron chi connectivity index (χ2n) is 6.07. The maximum absolute atomic E-state index is 12.6. The van der Waals surface area contributed by atoms with Crippen molar-refractivity contribution in [3.63, 3.8) is 0 Å². The maximum Gasteiger partial charge on any atom is 0.337 e. The van der Waals surface area contributed by atoms with Crippen LogP contribution in [0.5, 0.6) is 0 Å². The molecule has 1 aliphatic heterocycles. The summed E-state index contributed by atoms with van der Waals surface area (Å²) in [5, 5.41) is 2.33. The Bertz CT molecular complexity index is 960. The van der Waals surface area contributed by atoms with Gasteiger partial charge in [-0.25, -0.2) is 21.6 Å². The van der Waals surface area contributed by atoms with Gasteiger partial charge < -0.3 is 10.1 Å². The van der Waals surface area contributed by atoms with Crippen molar-refractivity contribution in [2.45, 2.75) is 17.4 Å². The van der Waals surface area contributed by atoms with Gasteiger partial charge >= 0.3 is 5.97 Å². The minimum atomic E-state index is -4.10. The number of halogens is 1. The Morgan fingerprint density at radius 2 is 2.04 bits per heavy atom. The molecule has 2 rings (SSSR count). The van der Waals surface area contributed by atoms with E-state index in [9.17, 15) is 26.4 Å². The molecule has 27 heavy (non-hydrogen) atoms. The van der Waals surface area contributed by atoms with Crippen LogP contribution in [0.4, 0.5) is 0 Å². The lowest BCUT2D eigenvalue weighted by Gasteiger charge is -2.19. The third kappa shape index (κ3) is 5.18. The number of esters is 1. The van der Waals surface area contributed by atoms with Gasteiger partial charge in [0, 0.05) is 13.1 Å². The molecule has 1 heterocycles. The van der Waals surface area contributed by atoms with Crippen molar-refractivity contribution in [3.05, 3.63) is 28.8 Å². The average Bonchev–Trinajstić information content (AvgIpc) is 2.91. The SMILES string of the molecule is COC(=O)c1ccc(S(=O)(=O)N(C)CC(=O)N[C@H]2CCS(=O)(=O)C2)c(Cl)c1. The normalized spacial score (nSPS) is 19.0. The van der Waals surface area contributed by atoms with Gasteiger partial charge in [-0.1, -0.05) is 11.6 Å². The number of hydrogen-bond acceptors (Lipinski definition) is 7. The molecule has 12 heteroatoms. The first-order valence-electron chi connectivity index (χ1n) is 7.80. The molecule has 9 nitrogen and oxygen atoms in total. The topological polar surface area (TPSA) is 127 Å². The second-order valence-corrected chi connectivity index (χ2v) is 10.7. The third-order valence-electron chi connectivity index (χ3n) is 4.01. The lowest BCUT2D eigenvalue weighted by molar-refractivity contribution is -0.121. The van der Waals surface area contributed by atoms with Gasteiger partial charge in [0.2, 0.25) is 15.9 Å². The van der Waals surface area contributed by atoms with Gasteiger partial charge in [-0.3, -0.25) is 4.79 Å². The Morgan fingerprint density at radius 3 is 2.56 bits per heavy atom. The summed E-state index contributed by atoms with van der Waals surface area (Å²) < 4.78 is 53.4. The molecule has 150 valence electrons. The lowest BCUT2D eigenvalue weighted by Crippen LogP contribution is -2.43. The van der Waals surface area contributed by atoms with Crippen molar-refractivity contribution in [2.75, 3.05) is 32.2 Å². The molecule has 1 amide bonds. The largest absolute Gasteiger partial charge is 0.465 e. The highest BCUT2D eigenvalue weighted by Crippen LogP contribution is 2.25. The van der Waals surface area contributed by atoms with Gasteiger partial charge in [-0.15, -0.1) is 0 Å². The minimum Gasteiger partial charge on any atom is -0.465 e. The van der Waals surface area contributed by atoms with Gasteiger partial charge in [-0.05, 0) is 24.6 Å². The van der Waals surface area contributed by atoms with Crippen LogP contribution in [-0.4, -0.2) is 71.3 Å². The summed E-state index contributed by atoms with van der Waals surface area (Å²) in [6.45, 7) is -0.506. The highest BCUT2D eigenvalue weighted by atomic mass is 35.5. The number of hydrogen-bond donors (Lipinski definition) is 1. The number of nitrogens with one attached hydrogen (secondary N) is 1. The van der Waals surface area contributed by atoms with E-state index in [0.29, 0.717) is 6.42 Å². The summed E-state index contributed by atoms with van der Waals surface area (Å²) in [5.41, 5.74) is 0.0873. The Hall–Kier alpha value is -1.69. The monoisotopic (exact) mass is 438 g/mol. The standard InChI is InChI=1S/C15H19ClN2O7S2/c1-18(8-14(19)17-11-5-6-26(21,22)9-11)27(23,24)13-4-3-10(7-12(13)16)15(20)25-2/h3-4,7,11H,5-6,8-9H2,1-2H3,(H,17,19)/t11-/m0/s1. The zero-order valence-corrected chi connectivity index (χ0v) is 17.0. The molecule has 1 atom stereocenters. The molecule has 1 fully saturated rings. The van der Waals surface area contributed by atoms with Crippen LogP contribution >= 0.6 is 11.6 Å². The second kappa shape index (κ2) is 8.13. The Labute approximate surface area is 162 Å². The Kier molecular flexibility index (Phi) is 6.51. The summed E-state index contributed by atoms with van der Waals surface area (Å²) >= 11 is 5.98. The number of rotatable bonds is 6. The number of sulfone groups is 1. The summed E-state index contributed by atoms with van der Waals surface area (Å²) in [7, 11) is -4.88. The van der Waals surface area contributed by atoms with E-state index in [1.165, 1.54) is 20.2 Å². The molecule has 1 N–H and O–H groups in total. The number of ether oxygens (including phenoxy) is 1. The molecular formula is C15H19ClN2O7S2. The summed E-state index contributed by atoms with van der Waals surface area (Å²) in [6.07, 6.45) is 0.297. The number of benzene rings is 1. The van der Waals surface area contributed by atoms with Crippen LogP contribution in [0, 0.1) is 0 Å². The highest BCUT2D eigenvalue weighted by Gasteiger charge is 2.31. The molecule has 0 aromatic heterocycles. The van der Waals surface area contributed by atoms with Crippen LogP contribution in [0.1, 0.15) is 16.8 Å². The number of nitrogens with zero attached hydrogens (tertiary/aromatic N) is 1. The van der Waals surface area contributed by atoms with E-state index < -0.39 is 44.3 Å².